The van der Waals surface area contributed by atoms with Crippen LogP contribution in [0, 0.1) is 0 Å². The summed E-state index contributed by atoms with van der Waals surface area (Å²) in [6.07, 6.45) is 0. The Morgan fingerprint density at radius 3 is 1.35 bits per heavy atom. The van der Waals surface area contributed by atoms with Crippen LogP contribution in [0.15, 0.2) is 188 Å². The first kappa shape index (κ1) is 31.9. The van der Waals surface area contributed by atoms with Crippen molar-refractivity contribution >= 4 is 75.1 Å². The zero-order valence-corrected chi connectivity index (χ0v) is 31.4. The summed E-state index contributed by atoms with van der Waals surface area (Å²) in [7, 11) is 0. The van der Waals surface area contributed by atoms with Gasteiger partial charge in [-0.2, -0.15) is 9.97 Å². The smallest absolute Gasteiger partial charge is 0.238 e. The van der Waals surface area contributed by atoms with Crippen molar-refractivity contribution in [2.24, 2.45) is 0 Å². The van der Waals surface area contributed by atoms with Gasteiger partial charge in [-0.25, -0.2) is 4.98 Å². The molecular weight excluding hydrogens is 715 g/mol. The second kappa shape index (κ2) is 12.6. The summed E-state index contributed by atoms with van der Waals surface area (Å²) in [4.78, 5) is 15.5. The SMILES string of the molecule is c1ccc(-c2nc(-c3ccccc3)nc(-n3c4ccccc4c4ccc5c6ccc7c8ccccc8n(-c8ccccc8-c8ccccc8)c7c6sc5c43)n2)cc1. The highest BCUT2D eigenvalue weighted by atomic mass is 32.1. The van der Waals surface area contributed by atoms with E-state index in [1.807, 2.05) is 47.7 Å². The minimum Gasteiger partial charge on any atom is -0.307 e. The standard InChI is InChI=1S/C51H31N5S/c1-4-16-32(17-5-1)35-22-10-13-25-42(35)55-43-26-14-11-23-36(43)38-28-30-40-41-31-29-39-37-24-12-15-27-44(37)56(46(39)48(41)57-47(40)45(38)55)51-53-49(33-18-6-2-7-19-33)52-50(54-51)34-20-8-3-9-21-34/h1-31H. The lowest BCUT2D eigenvalue weighted by atomic mass is 10.0. The van der Waals surface area contributed by atoms with Crippen LogP contribution in [-0.2, 0) is 0 Å². The van der Waals surface area contributed by atoms with E-state index in [-0.39, 0.29) is 0 Å². The fourth-order valence-corrected chi connectivity index (χ4v) is 10.0. The van der Waals surface area contributed by atoms with Gasteiger partial charge in [-0.15, -0.1) is 11.3 Å². The fourth-order valence-electron chi connectivity index (χ4n) is 8.67. The van der Waals surface area contributed by atoms with E-state index in [1.165, 1.54) is 58.5 Å². The maximum Gasteiger partial charge on any atom is 0.238 e. The molecule has 0 fully saturated rings. The Morgan fingerprint density at radius 2 is 0.772 bits per heavy atom. The number of hydrogen-bond acceptors (Lipinski definition) is 4. The molecule has 0 N–H and O–H groups in total. The molecule has 0 bridgehead atoms. The van der Waals surface area contributed by atoms with Crippen LogP contribution in [0.5, 0.6) is 0 Å². The highest BCUT2D eigenvalue weighted by Crippen LogP contribution is 2.47. The van der Waals surface area contributed by atoms with Gasteiger partial charge in [0.15, 0.2) is 11.6 Å². The van der Waals surface area contributed by atoms with Gasteiger partial charge in [0.25, 0.3) is 0 Å². The van der Waals surface area contributed by atoms with Crippen LogP contribution < -0.4 is 0 Å². The van der Waals surface area contributed by atoms with Crippen molar-refractivity contribution in [2.75, 3.05) is 0 Å². The van der Waals surface area contributed by atoms with Crippen molar-refractivity contribution in [3.63, 3.8) is 0 Å². The molecule has 0 aliphatic rings. The van der Waals surface area contributed by atoms with E-state index >= 15 is 0 Å². The van der Waals surface area contributed by atoms with Crippen LogP contribution in [0.3, 0.4) is 0 Å². The summed E-state index contributed by atoms with van der Waals surface area (Å²) in [5.74, 6) is 1.87. The molecule has 4 heterocycles. The molecule has 0 saturated heterocycles. The van der Waals surface area contributed by atoms with E-state index in [0.717, 1.165) is 33.2 Å². The van der Waals surface area contributed by atoms with E-state index < -0.39 is 0 Å². The zero-order chi connectivity index (χ0) is 37.5. The predicted molar refractivity (Wildman–Crippen MR) is 238 cm³/mol. The van der Waals surface area contributed by atoms with E-state index in [4.69, 9.17) is 15.0 Å². The second-order valence-corrected chi connectivity index (χ2v) is 15.4. The van der Waals surface area contributed by atoms with Crippen LogP contribution in [-0.4, -0.2) is 24.1 Å². The Bertz CT molecular complexity index is 3450. The molecule has 12 aromatic rings. The van der Waals surface area contributed by atoms with Gasteiger partial charge < -0.3 is 4.57 Å². The van der Waals surface area contributed by atoms with Crippen molar-refractivity contribution in [1.29, 1.82) is 0 Å². The van der Waals surface area contributed by atoms with Crippen molar-refractivity contribution in [3.05, 3.63) is 188 Å². The van der Waals surface area contributed by atoms with Gasteiger partial charge >= 0.3 is 0 Å². The summed E-state index contributed by atoms with van der Waals surface area (Å²) in [5, 5.41) is 7.24. The lowest BCUT2D eigenvalue weighted by molar-refractivity contribution is 0.955. The summed E-state index contributed by atoms with van der Waals surface area (Å²) in [6, 6.07) is 66.5. The molecule has 266 valence electrons. The highest BCUT2D eigenvalue weighted by molar-refractivity contribution is 7.27. The second-order valence-electron chi connectivity index (χ2n) is 14.4. The van der Waals surface area contributed by atoms with E-state index in [0.29, 0.717) is 17.6 Å². The topological polar surface area (TPSA) is 48.5 Å². The Hall–Kier alpha value is -7.41. The minimum absolute atomic E-state index is 0.593. The Morgan fingerprint density at radius 1 is 0.333 bits per heavy atom. The van der Waals surface area contributed by atoms with Crippen molar-refractivity contribution < 1.29 is 0 Å². The molecular formula is C51H31N5S. The third-order valence-electron chi connectivity index (χ3n) is 11.2. The predicted octanol–water partition coefficient (Wildman–Crippen LogP) is 13.4. The quantitative estimate of drug-likeness (QED) is 0.176. The molecule has 0 atom stereocenters. The number of hydrogen-bond donors (Lipinski definition) is 0. The van der Waals surface area contributed by atoms with E-state index in [2.05, 4.69) is 161 Å². The van der Waals surface area contributed by atoms with Crippen LogP contribution in [0.25, 0.3) is 109 Å². The number of benzene rings is 8. The highest BCUT2D eigenvalue weighted by Gasteiger charge is 2.24. The molecule has 0 radical (unpaired) electrons. The fraction of sp³-hybridized carbons (Fsp3) is 0. The Kier molecular flexibility index (Phi) is 7.03. The first-order valence-corrected chi connectivity index (χ1v) is 19.9. The van der Waals surface area contributed by atoms with Gasteiger partial charge in [0, 0.05) is 49.0 Å². The molecule has 0 saturated carbocycles. The largest absolute Gasteiger partial charge is 0.307 e. The third-order valence-corrected chi connectivity index (χ3v) is 12.4. The van der Waals surface area contributed by atoms with Gasteiger partial charge in [0.2, 0.25) is 5.95 Å². The van der Waals surface area contributed by atoms with Crippen LogP contribution in [0.2, 0.25) is 0 Å². The maximum absolute atomic E-state index is 5.24. The van der Waals surface area contributed by atoms with Gasteiger partial charge in [0.1, 0.15) is 0 Å². The normalized spacial score (nSPS) is 11.9. The first-order valence-electron chi connectivity index (χ1n) is 19.1. The Labute approximate surface area is 331 Å². The summed E-state index contributed by atoms with van der Waals surface area (Å²) in [6.45, 7) is 0. The molecule has 6 heteroatoms. The van der Waals surface area contributed by atoms with Crippen molar-refractivity contribution in [2.45, 2.75) is 0 Å². The van der Waals surface area contributed by atoms with Gasteiger partial charge in [-0.05, 0) is 23.8 Å². The molecule has 4 aromatic heterocycles. The molecule has 0 spiro atoms. The van der Waals surface area contributed by atoms with Crippen molar-refractivity contribution in [3.8, 4) is 45.5 Å². The average Bonchev–Trinajstić information content (AvgIpc) is 3.95. The average molecular weight is 746 g/mol. The molecule has 12 rings (SSSR count). The van der Waals surface area contributed by atoms with Crippen LogP contribution in [0.1, 0.15) is 0 Å². The zero-order valence-electron chi connectivity index (χ0n) is 30.5. The van der Waals surface area contributed by atoms with Gasteiger partial charge in [-0.1, -0.05) is 170 Å². The van der Waals surface area contributed by atoms with Gasteiger partial charge in [-0.3, -0.25) is 4.57 Å². The van der Waals surface area contributed by atoms with Crippen LogP contribution >= 0.6 is 11.3 Å². The third kappa shape index (κ3) is 4.84. The summed E-state index contributed by atoms with van der Waals surface area (Å²) < 4.78 is 7.20. The van der Waals surface area contributed by atoms with Crippen LogP contribution in [0.4, 0.5) is 0 Å². The molecule has 8 aromatic carbocycles. The molecule has 0 aliphatic carbocycles. The molecule has 0 aliphatic heterocycles. The Balaban J connectivity index is 1.21. The number of rotatable bonds is 5. The van der Waals surface area contributed by atoms with E-state index in [1.54, 1.807) is 0 Å². The molecule has 57 heavy (non-hydrogen) atoms. The number of thiophene rings is 1. The summed E-state index contributed by atoms with van der Waals surface area (Å²) >= 11 is 1.86. The number of aromatic nitrogens is 5. The molecule has 0 amide bonds. The minimum atomic E-state index is 0.593. The van der Waals surface area contributed by atoms with Crippen molar-refractivity contribution in [1.82, 2.24) is 24.1 Å². The monoisotopic (exact) mass is 745 g/mol. The lowest BCUT2D eigenvalue weighted by Crippen LogP contribution is -2.06. The molecule has 0 unspecified atom stereocenters. The number of nitrogens with zero attached hydrogens (tertiary/aromatic N) is 5. The number of para-hydroxylation sites is 3. The summed E-state index contributed by atoms with van der Waals surface area (Å²) in [5.41, 5.74) is 9.98. The van der Waals surface area contributed by atoms with E-state index in [9.17, 15) is 0 Å². The maximum atomic E-state index is 5.24. The van der Waals surface area contributed by atoms with Gasteiger partial charge in [0.05, 0.1) is 37.2 Å². The molecule has 5 nitrogen and oxygen atoms in total. The number of fused-ring (bicyclic) bond motifs is 11. The lowest BCUT2D eigenvalue weighted by Gasteiger charge is -2.14. The first-order chi connectivity index (χ1) is 28.3.